The fourth-order valence-corrected chi connectivity index (χ4v) is 3.01. The van der Waals surface area contributed by atoms with Crippen LogP contribution >= 0.6 is 0 Å². The van der Waals surface area contributed by atoms with Crippen molar-refractivity contribution in [2.75, 3.05) is 6.54 Å². The minimum Gasteiger partial charge on any atom is -0.313 e. The molecule has 1 N–H and O–H groups in total. The number of hydrogen-bond donors (Lipinski definition) is 1. The predicted molar refractivity (Wildman–Crippen MR) is 73.8 cm³/mol. The van der Waals surface area contributed by atoms with Crippen LogP contribution in [0.2, 0.25) is 0 Å². The maximum atomic E-state index is 13.0. The summed E-state index contributed by atoms with van der Waals surface area (Å²) in [6.07, 6.45) is 6.86. The lowest BCUT2D eigenvalue weighted by molar-refractivity contribution is 0.267. The summed E-state index contributed by atoms with van der Waals surface area (Å²) in [5.41, 5.74) is 1.03. The van der Waals surface area contributed by atoms with E-state index in [0.29, 0.717) is 0 Å². The van der Waals surface area contributed by atoms with E-state index in [1.807, 2.05) is 6.07 Å². The first-order chi connectivity index (χ1) is 8.74. The quantitative estimate of drug-likeness (QED) is 0.774. The molecule has 100 valence electrons. The Hall–Kier alpha value is -0.890. The monoisotopic (exact) mass is 249 g/mol. The molecule has 2 rings (SSSR count). The molecular formula is C16H24FN. The number of halogens is 1. The largest absolute Gasteiger partial charge is 0.313 e. The first-order valence-corrected chi connectivity index (χ1v) is 7.19. The molecule has 1 saturated carbocycles. The molecule has 0 bridgehead atoms. The SMILES string of the molecule is CC1CCCC(CCNCc2cccc(F)c2)C1. The molecule has 1 aliphatic rings. The molecule has 2 atom stereocenters. The highest BCUT2D eigenvalue weighted by Gasteiger charge is 2.17. The van der Waals surface area contributed by atoms with E-state index in [0.717, 1.165) is 30.5 Å². The van der Waals surface area contributed by atoms with Crippen LogP contribution in [0.5, 0.6) is 0 Å². The van der Waals surface area contributed by atoms with Crippen LogP contribution in [0.25, 0.3) is 0 Å². The summed E-state index contributed by atoms with van der Waals surface area (Å²) < 4.78 is 13.0. The molecule has 1 fully saturated rings. The van der Waals surface area contributed by atoms with Gasteiger partial charge in [0.1, 0.15) is 5.82 Å². The van der Waals surface area contributed by atoms with Crippen molar-refractivity contribution in [1.82, 2.24) is 5.32 Å². The van der Waals surface area contributed by atoms with Gasteiger partial charge < -0.3 is 5.32 Å². The standard InChI is InChI=1S/C16H24FN/c1-13-4-2-5-14(10-13)8-9-18-12-15-6-3-7-16(17)11-15/h3,6-7,11,13-14,18H,2,4-5,8-10,12H2,1H3. The van der Waals surface area contributed by atoms with Crippen molar-refractivity contribution in [2.24, 2.45) is 11.8 Å². The van der Waals surface area contributed by atoms with Crippen LogP contribution in [-0.2, 0) is 6.54 Å². The summed E-state index contributed by atoms with van der Waals surface area (Å²) in [6.45, 7) is 4.19. The lowest BCUT2D eigenvalue weighted by Crippen LogP contribution is -2.21. The molecule has 1 aliphatic carbocycles. The van der Waals surface area contributed by atoms with Gasteiger partial charge in [-0.3, -0.25) is 0 Å². The average molecular weight is 249 g/mol. The van der Waals surface area contributed by atoms with E-state index in [9.17, 15) is 4.39 Å². The molecule has 0 aromatic heterocycles. The van der Waals surface area contributed by atoms with E-state index >= 15 is 0 Å². The summed E-state index contributed by atoms with van der Waals surface area (Å²) in [4.78, 5) is 0. The van der Waals surface area contributed by atoms with Crippen molar-refractivity contribution in [3.63, 3.8) is 0 Å². The van der Waals surface area contributed by atoms with Crippen LogP contribution < -0.4 is 5.32 Å². The molecule has 2 heteroatoms. The number of benzene rings is 1. The number of nitrogens with one attached hydrogen (secondary N) is 1. The van der Waals surface area contributed by atoms with Gasteiger partial charge in [-0.05, 0) is 48.9 Å². The highest BCUT2D eigenvalue weighted by Crippen LogP contribution is 2.30. The molecule has 0 saturated heterocycles. The highest BCUT2D eigenvalue weighted by atomic mass is 19.1. The minimum absolute atomic E-state index is 0.143. The third-order valence-corrected chi connectivity index (χ3v) is 3.99. The second kappa shape index (κ2) is 6.89. The first kappa shape index (κ1) is 13.5. The lowest BCUT2D eigenvalue weighted by Gasteiger charge is -2.26. The Bertz CT molecular complexity index is 364. The van der Waals surface area contributed by atoms with Crippen molar-refractivity contribution in [3.05, 3.63) is 35.6 Å². The van der Waals surface area contributed by atoms with Gasteiger partial charge in [0.05, 0.1) is 0 Å². The molecule has 0 heterocycles. The second-order valence-corrected chi connectivity index (χ2v) is 5.73. The minimum atomic E-state index is -0.143. The third kappa shape index (κ3) is 4.41. The van der Waals surface area contributed by atoms with Crippen molar-refractivity contribution in [3.8, 4) is 0 Å². The Kier molecular flexibility index (Phi) is 5.18. The van der Waals surface area contributed by atoms with E-state index in [-0.39, 0.29) is 5.82 Å². The van der Waals surface area contributed by atoms with E-state index in [1.54, 1.807) is 12.1 Å². The Morgan fingerprint density at radius 2 is 2.22 bits per heavy atom. The van der Waals surface area contributed by atoms with Gasteiger partial charge in [0, 0.05) is 6.54 Å². The fraction of sp³-hybridized carbons (Fsp3) is 0.625. The zero-order valence-corrected chi connectivity index (χ0v) is 11.3. The van der Waals surface area contributed by atoms with Crippen molar-refractivity contribution in [1.29, 1.82) is 0 Å². The van der Waals surface area contributed by atoms with Crippen molar-refractivity contribution >= 4 is 0 Å². The van der Waals surface area contributed by atoms with Crippen LogP contribution in [0.3, 0.4) is 0 Å². The van der Waals surface area contributed by atoms with Gasteiger partial charge in [0.25, 0.3) is 0 Å². The Morgan fingerprint density at radius 3 is 3.00 bits per heavy atom. The molecule has 1 nitrogen and oxygen atoms in total. The van der Waals surface area contributed by atoms with Crippen LogP contribution in [0.15, 0.2) is 24.3 Å². The van der Waals surface area contributed by atoms with Gasteiger partial charge in [-0.15, -0.1) is 0 Å². The van der Waals surface area contributed by atoms with E-state index in [2.05, 4.69) is 12.2 Å². The molecule has 18 heavy (non-hydrogen) atoms. The highest BCUT2D eigenvalue weighted by molar-refractivity contribution is 5.15. The zero-order valence-electron chi connectivity index (χ0n) is 11.3. The van der Waals surface area contributed by atoms with E-state index < -0.39 is 0 Å². The van der Waals surface area contributed by atoms with Crippen molar-refractivity contribution in [2.45, 2.75) is 45.6 Å². The topological polar surface area (TPSA) is 12.0 Å². The zero-order chi connectivity index (χ0) is 12.8. The third-order valence-electron chi connectivity index (χ3n) is 3.99. The summed E-state index contributed by atoms with van der Waals surface area (Å²) in [7, 11) is 0. The van der Waals surface area contributed by atoms with Gasteiger partial charge >= 0.3 is 0 Å². The Morgan fingerprint density at radius 1 is 1.33 bits per heavy atom. The van der Waals surface area contributed by atoms with Crippen LogP contribution in [0.4, 0.5) is 4.39 Å². The van der Waals surface area contributed by atoms with E-state index in [1.165, 1.54) is 38.2 Å². The molecule has 0 radical (unpaired) electrons. The number of rotatable bonds is 5. The van der Waals surface area contributed by atoms with Crippen LogP contribution in [0, 0.1) is 17.7 Å². The van der Waals surface area contributed by atoms with Gasteiger partial charge in [0.15, 0.2) is 0 Å². The molecule has 0 amide bonds. The summed E-state index contributed by atoms with van der Waals surface area (Å²) >= 11 is 0. The average Bonchev–Trinajstić information content (AvgIpc) is 2.35. The predicted octanol–water partition coefficient (Wildman–Crippen LogP) is 4.13. The van der Waals surface area contributed by atoms with E-state index in [4.69, 9.17) is 0 Å². The van der Waals surface area contributed by atoms with Gasteiger partial charge in [-0.25, -0.2) is 4.39 Å². The summed E-state index contributed by atoms with van der Waals surface area (Å²) in [5.74, 6) is 1.66. The molecule has 0 spiro atoms. The maximum absolute atomic E-state index is 13.0. The van der Waals surface area contributed by atoms with Gasteiger partial charge in [0.2, 0.25) is 0 Å². The molecular weight excluding hydrogens is 225 g/mol. The smallest absolute Gasteiger partial charge is 0.123 e. The molecule has 0 aliphatic heterocycles. The first-order valence-electron chi connectivity index (χ1n) is 7.19. The molecule has 1 aromatic carbocycles. The Labute approximate surface area is 110 Å². The lowest BCUT2D eigenvalue weighted by atomic mass is 9.81. The number of hydrogen-bond acceptors (Lipinski definition) is 1. The molecule has 2 unspecified atom stereocenters. The fourth-order valence-electron chi connectivity index (χ4n) is 3.01. The van der Waals surface area contributed by atoms with Crippen LogP contribution in [0.1, 0.15) is 44.6 Å². The summed E-state index contributed by atoms with van der Waals surface area (Å²) in [5, 5.41) is 3.42. The Balaban J connectivity index is 1.64. The second-order valence-electron chi connectivity index (χ2n) is 5.73. The van der Waals surface area contributed by atoms with Gasteiger partial charge in [-0.1, -0.05) is 38.3 Å². The maximum Gasteiger partial charge on any atom is 0.123 e. The van der Waals surface area contributed by atoms with Crippen LogP contribution in [-0.4, -0.2) is 6.54 Å². The molecule has 1 aromatic rings. The van der Waals surface area contributed by atoms with Crippen molar-refractivity contribution < 1.29 is 4.39 Å². The summed E-state index contributed by atoms with van der Waals surface area (Å²) in [6, 6.07) is 6.84. The normalized spacial score (nSPS) is 24.1. The van der Waals surface area contributed by atoms with Gasteiger partial charge in [-0.2, -0.15) is 0 Å².